The molecule has 4 nitrogen and oxygen atoms in total. The number of nitrogens with zero attached hydrogens (tertiary/aromatic N) is 1. The van der Waals surface area contributed by atoms with Gasteiger partial charge in [0.15, 0.2) is 0 Å². The first-order valence-corrected chi connectivity index (χ1v) is 5.47. The van der Waals surface area contributed by atoms with Crippen LogP contribution in [0.25, 0.3) is 0 Å². The van der Waals surface area contributed by atoms with Crippen LogP contribution in [0.4, 0.5) is 10.1 Å². The molecule has 0 radical (unpaired) electrons. The molecule has 1 rings (SSSR count). The van der Waals surface area contributed by atoms with Gasteiger partial charge >= 0.3 is 12.3 Å². The van der Waals surface area contributed by atoms with E-state index in [0.29, 0.717) is 0 Å². The summed E-state index contributed by atoms with van der Waals surface area (Å²) in [7, 11) is 0. The molecule has 1 aromatic carbocycles. The molecule has 0 aliphatic carbocycles. The van der Waals surface area contributed by atoms with Crippen LogP contribution in [0.5, 0.6) is 5.75 Å². The molecule has 0 heterocycles. The molecule has 0 aliphatic rings. The van der Waals surface area contributed by atoms with Crippen molar-refractivity contribution in [3.05, 3.63) is 24.3 Å². The van der Waals surface area contributed by atoms with Gasteiger partial charge in [0, 0.05) is 24.8 Å². The molecule has 1 N–H and O–H groups in total. The third-order valence-electron chi connectivity index (χ3n) is 2.38. The fraction of sp³-hybridized carbons (Fsp3) is 0.417. The van der Waals surface area contributed by atoms with Crippen molar-refractivity contribution < 1.29 is 19.0 Å². The topological polar surface area (TPSA) is 49.8 Å². The van der Waals surface area contributed by atoms with Crippen molar-refractivity contribution in [2.75, 3.05) is 18.0 Å². The number of hydrogen-bond donors (Lipinski definition) is 1. The number of ether oxygens (including phenoxy) is 1. The lowest BCUT2D eigenvalue weighted by Crippen LogP contribution is -2.23. The van der Waals surface area contributed by atoms with Crippen LogP contribution in [-0.2, 0) is 4.79 Å². The Morgan fingerprint density at radius 2 is 2.12 bits per heavy atom. The summed E-state index contributed by atoms with van der Waals surface area (Å²) in [6.07, 6.45) is -2.33. The van der Waals surface area contributed by atoms with Crippen LogP contribution in [0.2, 0.25) is 0 Å². The third kappa shape index (κ3) is 3.62. The van der Waals surface area contributed by atoms with E-state index < -0.39 is 12.3 Å². The van der Waals surface area contributed by atoms with Crippen molar-refractivity contribution in [1.82, 2.24) is 0 Å². The summed E-state index contributed by atoms with van der Waals surface area (Å²) in [4.78, 5) is 12.4. The molecular formula is C12H16FNO3. The first-order valence-electron chi connectivity index (χ1n) is 5.47. The highest BCUT2D eigenvalue weighted by molar-refractivity contribution is 5.71. The first kappa shape index (κ1) is 13.3. The van der Waals surface area contributed by atoms with Crippen LogP contribution in [0.1, 0.15) is 13.8 Å². The molecular weight excluding hydrogens is 225 g/mol. The predicted octanol–water partition coefficient (Wildman–Crippen LogP) is 2.29. The van der Waals surface area contributed by atoms with Crippen LogP contribution in [0, 0.1) is 0 Å². The molecule has 0 aliphatic heterocycles. The van der Waals surface area contributed by atoms with Crippen LogP contribution >= 0.6 is 0 Å². The SMILES string of the molecule is CCN(CC)c1cccc(OC(F)C(=O)O)c1. The number of alkyl halides is 1. The molecule has 0 aromatic heterocycles. The Morgan fingerprint density at radius 1 is 1.47 bits per heavy atom. The average molecular weight is 241 g/mol. The van der Waals surface area contributed by atoms with E-state index in [1.807, 2.05) is 19.9 Å². The Bertz CT molecular complexity index is 380. The Labute approximate surface area is 99.6 Å². The molecule has 17 heavy (non-hydrogen) atoms. The monoisotopic (exact) mass is 241 g/mol. The average Bonchev–Trinajstić information content (AvgIpc) is 2.31. The first-order chi connectivity index (χ1) is 8.08. The minimum Gasteiger partial charge on any atom is -0.476 e. The van der Waals surface area contributed by atoms with Gasteiger partial charge in [-0.2, -0.15) is 4.39 Å². The zero-order valence-electron chi connectivity index (χ0n) is 9.89. The van der Waals surface area contributed by atoms with Gasteiger partial charge in [-0.3, -0.25) is 0 Å². The number of aliphatic carboxylic acids is 1. The van der Waals surface area contributed by atoms with E-state index >= 15 is 0 Å². The van der Waals surface area contributed by atoms with E-state index in [9.17, 15) is 9.18 Å². The van der Waals surface area contributed by atoms with Gasteiger partial charge in [-0.25, -0.2) is 4.79 Å². The second-order valence-corrected chi connectivity index (χ2v) is 3.44. The smallest absolute Gasteiger partial charge is 0.378 e. The van der Waals surface area contributed by atoms with Crippen molar-refractivity contribution in [1.29, 1.82) is 0 Å². The van der Waals surface area contributed by atoms with Crippen molar-refractivity contribution in [2.45, 2.75) is 20.2 Å². The van der Waals surface area contributed by atoms with Gasteiger partial charge in [0.25, 0.3) is 0 Å². The zero-order chi connectivity index (χ0) is 12.8. The molecule has 94 valence electrons. The number of carboxylic acids is 1. The van der Waals surface area contributed by atoms with Crippen LogP contribution in [-0.4, -0.2) is 30.5 Å². The molecule has 0 saturated heterocycles. The molecule has 0 spiro atoms. The highest BCUT2D eigenvalue weighted by atomic mass is 19.1. The summed E-state index contributed by atoms with van der Waals surface area (Å²) in [6, 6.07) is 6.73. The van der Waals surface area contributed by atoms with Crippen LogP contribution in [0.15, 0.2) is 24.3 Å². The second kappa shape index (κ2) is 6.08. The summed E-state index contributed by atoms with van der Waals surface area (Å²) in [6.45, 7) is 5.65. The van der Waals surface area contributed by atoms with E-state index in [1.54, 1.807) is 12.1 Å². The zero-order valence-corrected chi connectivity index (χ0v) is 9.89. The molecule has 1 unspecified atom stereocenters. The number of hydrogen-bond acceptors (Lipinski definition) is 3. The molecule has 5 heteroatoms. The summed E-state index contributed by atoms with van der Waals surface area (Å²) in [5.74, 6) is -1.41. The Hall–Kier alpha value is -1.78. The van der Waals surface area contributed by atoms with Crippen LogP contribution < -0.4 is 9.64 Å². The fourth-order valence-electron chi connectivity index (χ4n) is 1.51. The predicted molar refractivity (Wildman–Crippen MR) is 63.2 cm³/mol. The number of carboxylic acid groups (broad SMARTS) is 1. The number of halogens is 1. The summed E-state index contributed by atoms with van der Waals surface area (Å²) < 4.78 is 17.5. The van der Waals surface area contributed by atoms with Gasteiger partial charge < -0.3 is 14.7 Å². The summed E-state index contributed by atoms with van der Waals surface area (Å²) in [5.41, 5.74) is 0.880. The maximum absolute atomic E-state index is 12.9. The van der Waals surface area contributed by atoms with Gasteiger partial charge in [0.1, 0.15) is 5.75 Å². The number of benzene rings is 1. The number of rotatable bonds is 6. The number of carbonyl (C=O) groups is 1. The maximum atomic E-state index is 12.9. The molecule has 0 bridgehead atoms. The summed E-state index contributed by atoms with van der Waals surface area (Å²) >= 11 is 0. The molecule has 0 saturated carbocycles. The van der Waals surface area contributed by atoms with E-state index in [4.69, 9.17) is 5.11 Å². The highest BCUT2D eigenvalue weighted by Gasteiger charge is 2.17. The molecule has 0 amide bonds. The second-order valence-electron chi connectivity index (χ2n) is 3.44. The quantitative estimate of drug-likeness (QED) is 0.830. The summed E-state index contributed by atoms with van der Waals surface area (Å²) in [5, 5.41) is 8.40. The lowest BCUT2D eigenvalue weighted by atomic mass is 10.2. The van der Waals surface area contributed by atoms with Crippen molar-refractivity contribution in [3.8, 4) is 5.75 Å². The molecule has 0 fully saturated rings. The van der Waals surface area contributed by atoms with Gasteiger partial charge in [0.2, 0.25) is 0 Å². The minimum atomic E-state index is -2.33. The van der Waals surface area contributed by atoms with E-state index in [0.717, 1.165) is 18.8 Å². The molecule has 1 atom stereocenters. The van der Waals surface area contributed by atoms with Crippen molar-refractivity contribution >= 4 is 11.7 Å². The lowest BCUT2D eigenvalue weighted by molar-refractivity contribution is -0.153. The Morgan fingerprint density at radius 3 is 2.65 bits per heavy atom. The minimum absolute atomic E-state index is 0.212. The third-order valence-corrected chi connectivity index (χ3v) is 2.38. The molecule has 1 aromatic rings. The van der Waals surface area contributed by atoms with Gasteiger partial charge in [-0.05, 0) is 26.0 Å². The van der Waals surface area contributed by atoms with Gasteiger partial charge in [-0.15, -0.1) is 0 Å². The van der Waals surface area contributed by atoms with E-state index in [-0.39, 0.29) is 5.75 Å². The maximum Gasteiger partial charge on any atom is 0.378 e. The largest absolute Gasteiger partial charge is 0.476 e. The van der Waals surface area contributed by atoms with E-state index in [1.165, 1.54) is 6.07 Å². The van der Waals surface area contributed by atoms with E-state index in [2.05, 4.69) is 9.64 Å². The van der Waals surface area contributed by atoms with Crippen LogP contribution in [0.3, 0.4) is 0 Å². The fourth-order valence-corrected chi connectivity index (χ4v) is 1.51. The van der Waals surface area contributed by atoms with Crippen molar-refractivity contribution in [3.63, 3.8) is 0 Å². The van der Waals surface area contributed by atoms with Gasteiger partial charge in [-0.1, -0.05) is 6.07 Å². The van der Waals surface area contributed by atoms with Crippen molar-refractivity contribution in [2.24, 2.45) is 0 Å². The Kier molecular flexibility index (Phi) is 4.75. The number of anilines is 1. The normalized spacial score (nSPS) is 11.9. The standard InChI is InChI=1S/C12H16FNO3/c1-3-14(4-2)9-6-5-7-10(8-9)17-11(13)12(15)16/h5-8,11H,3-4H2,1-2H3,(H,15,16). The Balaban J connectivity index is 2.82. The highest BCUT2D eigenvalue weighted by Crippen LogP contribution is 2.22. The van der Waals surface area contributed by atoms with Gasteiger partial charge in [0.05, 0.1) is 0 Å². The lowest BCUT2D eigenvalue weighted by Gasteiger charge is -2.21.